The number of piperazine rings is 1. The number of hydrogen-bond donors (Lipinski definition) is 1. The number of aryl methyl sites for hydroxylation is 1. The third-order valence-electron chi connectivity index (χ3n) is 2.90. The summed E-state index contributed by atoms with van der Waals surface area (Å²) >= 11 is 1.58. The summed E-state index contributed by atoms with van der Waals surface area (Å²) < 4.78 is 0. The van der Waals surface area contributed by atoms with Gasteiger partial charge in [0.15, 0.2) is 0 Å². The lowest BCUT2D eigenvalue weighted by Gasteiger charge is -2.34. The van der Waals surface area contributed by atoms with Crippen molar-refractivity contribution in [3.05, 3.63) is 16.6 Å². The Morgan fingerprint density at radius 1 is 1.75 bits per heavy atom. The van der Waals surface area contributed by atoms with Crippen LogP contribution in [-0.2, 0) is 11.2 Å². The number of amides is 1. The van der Waals surface area contributed by atoms with Gasteiger partial charge in [0.05, 0.1) is 11.2 Å². The van der Waals surface area contributed by atoms with Crippen molar-refractivity contribution in [3.63, 3.8) is 0 Å². The van der Waals surface area contributed by atoms with E-state index in [2.05, 4.69) is 17.2 Å². The number of carbonyl (C=O) groups excluding carboxylic acids is 1. The van der Waals surface area contributed by atoms with Gasteiger partial charge in [0.1, 0.15) is 0 Å². The Balaban J connectivity index is 1.83. The molecule has 1 atom stereocenters. The van der Waals surface area contributed by atoms with E-state index in [0.717, 1.165) is 31.7 Å². The second kappa shape index (κ2) is 5.41. The van der Waals surface area contributed by atoms with Gasteiger partial charge in [-0.2, -0.15) is 0 Å². The van der Waals surface area contributed by atoms with Crippen molar-refractivity contribution in [2.75, 3.05) is 19.6 Å². The van der Waals surface area contributed by atoms with Gasteiger partial charge >= 0.3 is 0 Å². The Morgan fingerprint density at radius 3 is 3.31 bits per heavy atom. The number of aromatic nitrogens is 1. The fourth-order valence-electron chi connectivity index (χ4n) is 1.95. The minimum Gasteiger partial charge on any atom is -0.337 e. The van der Waals surface area contributed by atoms with E-state index in [-0.39, 0.29) is 5.91 Å². The van der Waals surface area contributed by atoms with Crippen LogP contribution < -0.4 is 5.32 Å². The first-order valence-corrected chi connectivity index (χ1v) is 6.59. The molecule has 4 nitrogen and oxygen atoms in total. The Morgan fingerprint density at radius 2 is 2.62 bits per heavy atom. The van der Waals surface area contributed by atoms with Crippen LogP contribution in [0.1, 0.15) is 19.0 Å². The Bertz CT molecular complexity index is 339. The summed E-state index contributed by atoms with van der Waals surface area (Å²) in [6.07, 6.45) is 1.34. The highest BCUT2D eigenvalue weighted by Crippen LogP contribution is 2.09. The topological polar surface area (TPSA) is 45.2 Å². The predicted octanol–water partition coefficient (Wildman–Crippen LogP) is 0.896. The number of thiazole rings is 1. The lowest BCUT2D eigenvalue weighted by atomic mass is 10.1. The van der Waals surface area contributed by atoms with Crippen LogP contribution in [0.5, 0.6) is 0 Å². The molecule has 0 saturated carbocycles. The van der Waals surface area contributed by atoms with Gasteiger partial charge in [-0.15, -0.1) is 11.3 Å². The zero-order valence-electron chi connectivity index (χ0n) is 9.48. The molecule has 2 heterocycles. The van der Waals surface area contributed by atoms with E-state index < -0.39 is 0 Å². The quantitative estimate of drug-likeness (QED) is 0.852. The normalized spacial score (nSPS) is 21.1. The largest absolute Gasteiger partial charge is 0.337 e. The van der Waals surface area contributed by atoms with Gasteiger partial charge in [-0.05, 0) is 13.3 Å². The Labute approximate surface area is 99.7 Å². The first-order valence-electron chi connectivity index (χ1n) is 5.64. The standard InChI is InChI=1S/C11H17N3OS/c1-9-6-12-4-5-14(9)11(15)3-2-10-7-16-8-13-10/h7-9,12H,2-6H2,1H3. The Hall–Kier alpha value is -0.940. The second-order valence-corrected chi connectivity index (χ2v) is 4.84. The predicted molar refractivity (Wildman–Crippen MR) is 64.5 cm³/mol. The molecule has 1 aliphatic heterocycles. The van der Waals surface area contributed by atoms with Crippen LogP contribution in [0, 0.1) is 0 Å². The number of nitrogens with one attached hydrogen (secondary N) is 1. The van der Waals surface area contributed by atoms with Crippen molar-refractivity contribution < 1.29 is 4.79 Å². The first-order chi connectivity index (χ1) is 7.77. The van der Waals surface area contributed by atoms with Crippen molar-refractivity contribution in [1.29, 1.82) is 0 Å². The van der Waals surface area contributed by atoms with Gasteiger partial charge in [-0.1, -0.05) is 0 Å². The third-order valence-corrected chi connectivity index (χ3v) is 3.54. The van der Waals surface area contributed by atoms with Crippen LogP contribution in [0.4, 0.5) is 0 Å². The lowest BCUT2D eigenvalue weighted by Crippen LogP contribution is -2.52. The number of rotatable bonds is 3. The van der Waals surface area contributed by atoms with Crippen LogP contribution in [0.2, 0.25) is 0 Å². The lowest BCUT2D eigenvalue weighted by molar-refractivity contribution is -0.133. The fourth-order valence-corrected chi connectivity index (χ4v) is 2.54. The summed E-state index contributed by atoms with van der Waals surface area (Å²) in [5, 5.41) is 5.29. The maximum Gasteiger partial charge on any atom is 0.223 e. The van der Waals surface area contributed by atoms with Gasteiger partial charge in [-0.3, -0.25) is 4.79 Å². The maximum absolute atomic E-state index is 12.0. The molecule has 0 aromatic carbocycles. The van der Waals surface area contributed by atoms with Gasteiger partial charge in [0.2, 0.25) is 5.91 Å². The van der Waals surface area contributed by atoms with Crippen LogP contribution in [0.25, 0.3) is 0 Å². The van der Waals surface area contributed by atoms with Crippen molar-refractivity contribution in [1.82, 2.24) is 15.2 Å². The summed E-state index contributed by atoms with van der Waals surface area (Å²) in [7, 11) is 0. The van der Waals surface area contributed by atoms with E-state index in [0.29, 0.717) is 12.5 Å². The molecule has 1 aromatic heterocycles. The van der Waals surface area contributed by atoms with Crippen molar-refractivity contribution in [2.45, 2.75) is 25.8 Å². The van der Waals surface area contributed by atoms with Crippen LogP contribution in [-0.4, -0.2) is 41.5 Å². The average Bonchev–Trinajstić information content (AvgIpc) is 2.79. The van der Waals surface area contributed by atoms with Crippen molar-refractivity contribution in [3.8, 4) is 0 Å². The highest BCUT2D eigenvalue weighted by atomic mass is 32.1. The summed E-state index contributed by atoms with van der Waals surface area (Å²) in [5.41, 5.74) is 2.84. The maximum atomic E-state index is 12.0. The van der Waals surface area contributed by atoms with Crippen molar-refractivity contribution >= 4 is 17.2 Å². The summed E-state index contributed by atoms with van der Waals surface area (Å²) in [5.74, 6) is 0.252. The molecule has 16 heavy (non-hydrogen) atoms. The molecule has 1 unspecified atom stereocenters. The molecule has 0 bridgehead atoms. The van der Waals surface area contributed by atoms with Gasteiger partial charge in [-0.25, -0.2) is 4.98 Å². The smallest absolute Gasteiger partial charge is 0.223 e. The minimum absolute atomic E-state index is 0.252. The number of nitrogens with zero attached hydrogens (tertiary/aromatic N) is 2. The zero-order valence-corrected chi connectivity index (χ0v) is 10.3. The molecule has 1 amide bonds. The monoisotopic (exact) mass is 239 g/mol. The molecule has 1 aliphatic rings. The molecule has 0 spiro atoms. The molecule has 1 N–H and O–H groups in total. The minimum atomic E-state index is 0.252. The fraction of sp³-hybridized carbons (Fsp3) is 0.636. The molecular formula is C11H17N3OS. The molecule has 0 aliphatic carbocycles. The van der Waals surface area contributed by atoms with E-state index in [9.17, 15) is 4.79 Å². The van der Waals surface area contributed by atoms with E-state index in [1.807, 2.05) is 15.8 Å². The highest BCUT2D eigenvalue weighted by Gasteiger charge is 2.22. The molecule has 1 saturated heterocycles. The van der Waals surface area contributed by atoms with E-state index in [4.69, 9.17) is 0 Å². The average molecular weight is 239 g/mol. The van der Waals surface area contributed by atoms with Crippen LogP contribution in [0.15, 0.2) is 10.9 Å². The Kier molecular flexibility index (Phi) is 3.90. The van der Waals surface area contributed by atoms with Gasteiger partial charge in [0, 0.05) is 37.5 Å². The third kappa shape index (κ3) is 2.80. The molecular weight excluding hydrogens is 222 g/mol. The number of carbonyl (C=O) groups is 1. The van der Waals surface area contributed by atoms with Gasteiger partial charge < -0.3 is 10.2 Å². The first kappa shape index (κ1) is 11.5. The summed E-state index contributed by atoms with van der Waals surface area (Å²) in [6.45, 7) is 4.74. The number of hydrogen-bond acceptors (Lipinski definition) is 4. The second-order valence-electron chi connectivity index (χ2n) is 4.12. The summed E-state index contributed by atoms with van der Waals surface area (Å²) in [6, 6.07) is 0.316. The van der Waals surface area contributed by atoms with Crippen molar-refractivity contribution in [2.24, 2.45) is 0 Å². The molecule has 5 heteroatoms. The van der Waals surface area contributed by atoms with E-state index in [1.54, 1.807) is 11.3 Å². The molecule has 1 aromatic rings. The molecule has 88 valence electrons. The zero-order chi connectivity index (χ0) is 11.4. The SMILES string of the molecule is CC1CNCCN1C(=O)CCc1cscn1. The van der Waals surface area contributed by atoms with Crippen LogP contribution in [0.3, 0.4) is 0 Å². The van der Waals surface area contributed by atoms with Gasteiger partial charge in [0.25, 0.3) is 0 Å². The van der Waals surface area contributed by atoms with E-state index >= 15 is 0 Å². The van der Waals surface area contributed by atoms with E-state index in [1.165, 1.54) is 0 Å². The molecule has 1 fully saturated rings. The molecule has 2 rings (SSSR count). The highest BCUT2D eigenvalue weighted by molar-refractivity contribution is 7.07. The summed E-state index contributed by atoms with van der Waals surface area (Å²) in [4.78, 5) is 18.1. The van der Waals surface area contributed by atoms with Crippen LogP contribution >= 0.6 is 11.3 Å². The molecule has 0 radical (unpaired) electrons.